The van der Waals surface area contributed by atoms with Crippen LogP contribution in [-0.4, -0.2) is 55.0 Å². The topological polar surface area (TPSA) is 93.0 Å². The first-order valence-electron chi connectivity index (χ1n) is 8.57. The Balaban J connectivity index is 1.74. The molecule has 1 saturated heterocycles. The Morgan fingerprint density at radius 2 is 1.64 bits per heavy atom. The van der Waals surface area contributed by atoms with Gasteiger partial charge in [-0.25, -0.2) is 4.79 Å². The van der Waals surface area contributed by atoms with Gasteiger partial charge in [-0.2, -0.15) is 0 Å². The largest absolute Gasteiger partial charge is 0.465 e. The second-order valence-corrected chi connectivity index (χ2v) is 7.48. The normalized spacial score (nSPS) is 13.9. The molecule has 2 aromatic carbocycles. The number of hydrogen-bond acceptors (Lipinski definition) is 6. The number of piperazine rings is 1. The molecule has 0 aromatic heterocycles. The van der Waals surface area contributed by atoms with Crippen molar-refractivity contribution in [2.75, 3.05) is 38.2 Å². The fraction of sp³-hybridized carbons (Fsp3) is 0.263. The average Bonchev–Trinajstić information content (AvgIpc) is 2.73. The predicted octanol–water partition coefficient (Wildman–Crippen LogP) is 2.95. The standard InChI is InChI=1S/C19H18IN3O5/c1-28-19(25)14-4-7-16(17(12-14)23(26)27)21-8-10-22(11-9-21)18(24)13-2-5-15(20)6-3-13/h2-7,12H,8-11H2,1H3. The molecule has 146 valence electrons. The van der Waals surface area contributed by atoms with Crippen LogP contribution in [0.4, 0.5) is 11.4 Å². The summed E-state index contributed by atoms with van der Waals surface area (Å²) in [7, 11) is 1.23. The Labute approximate surface area is 175 Å². The zero-order valence-electron chi connectivity index (χ0n) is 15.1. The Hall–Kier alpha value is -2.69. The van der Waals surface area contributed by atoms with E-state index in [0.29, 0.717) is 37.4 Å². The molecule has 28 heavy (non-hydrogen) atoms. The van der Waals surface area contributed by atoms with Crippen LogP contribution in [-0.2, 0) is 4.74 Å². The van der Waals surface area contributed by atoms with Crippen molar-refractivity contribution in [3.8, 4) is 0 Å². The Bertz CT molecular complexity index is 908. The second kappa shape index (κ2) is 8.55. The van der Waals surface area contributed by atoms with E-state index in [1.165, 1.54) is 19.2 Å². The minimum atomic E-state index is -0.623. The van der Waals surface area contributed by atoms with Crippen molar-refractivity contribution < 1.29 is 19.2 Å². The van der Waals surface area contributed by atoms with Gasteiger partial charge in [0, 0.05) is 41.4 Å². The third kappa shape index (κ3) is 4.24. The quantitative estimate of drug-likeness (QED) is 0.280. The van der Waals surface area contributed by atoms with Crippen molar-refractivity contribution >= 4 is 45.8 Å². The summed E-state index contributed by atoms with van der Waals surface area (Å²) in [6.45, 7) is 1.85. The summed E-state index contributed by atoms with van der Waals surface area (Å²) in [5.74, 6) is -0.672. The highest BCUT2D eigenvalue weighted by Crippen LogP contribution is 2.30. The number of rotatable bonds is 4. The molecular weight excluding hydrogens is 477 g/mol. The number of amides is 1. The molecule has 0 aliphatic carbocycles. The molecule has 0 unspecified atom stereocenters. The molecule has 0 bridgehead atoms. The van der Waals surface area contributed by atoms with E-state index in [9.17, 15) is 19.7 Å². The number of carbonyl (C=O) groups excluding carboxylic acids is 2. The molecule has 1 aliphatic rings. The lowest BCUT2D eigenvalue weighted by atomic mass is 10.1. The van der Waals surface area contributed by atoms with Crippen LogP contribution >= 0.6 is 22.6 Å². The lowest BCUT2D eigenvalue weighted by Gasteiger charge is -2.35. The molecule has 0 atom stereocenters. The van der Waals surface area contributed by atoms with Gasteiger partial charge in [0.25, 0.3) is 11.6 Å². The summed E-state index contributed by atoms with van der Waals surface area (Å²) < 4.78 is 5.68. The maximum absolute atomic E-state index is 12.6. The third-order valence-electron chi connectivity index (χ3n) is 4.59. The van der Waals surface area contributed by atoms with E-state index >= 15 is 0 Å². The highest BCUT2D eigenvalue weighted by Gasteiger charge is 2.27. The zero-order valence-corrected chi connectivity index (χ0v) is 17.3. The Kier molecular flexibility index (Phi) is 6.12. The van der Waals surface area contributed by atoms with E-state index in [1.807, 2.05) is 17.0 Å². The first-order valence-corrected chi connectivity index (χ1v) is 9.65. The molecule has 1 aliphatic heterocycles. The Morgan fingerprint density at radius 1 is 1.04 bits per heavy atom. The first kappa shape index (κ1) is 20.1. The van der Waals surface area contributed by atoms with E-state index in [2.05, 4.69) is 27.3 Å². The van der Waals surface area contributed by atoms with E-state index in [1.54, 1.807) is 23.1 Å². The van der Waals surface area contributed by atoms with Crippen LogP contribution in [0.1, 0.15) is 20.7 Å². The third-order valence-corrected chi connectivity index (χ3v) is 5.31. The van der Waals surface area contributed by atoms with Crippen LogP contribution in [0.15, 0.2) is 42.5 Å². The number of methoxy groups -OCH3 is 1. The lowest BCUT2D eigenvalue weighted by Crippen LogP contribution is -2.49. The highest BCUT2D eigenvalue weighted by atomic mass is 127. The number of benzene rings is 2. The maximum Gasteiger partial charge on any atom is 0.338 e. The van der Waals surface area contributed by atoms with Crippen LogP contribution in [0.5, 0.6) is 0 Å². The average molecular weight is 495 g/mol. The van der Waals surface area contributed by atoms with Crippen molar-refractivity contribution in [2.24, 2.45) is 0 Å². The number of carbonyl (C=O) groups is 2. The summed E-state index contributed by atoms with van der Waals surface area (Å²) >= 11 is 2.18. The summed E-state index contributed by atoms with van der Waals surface area (Å²) in [6.07, 6.45) is 0. The number of nitro benzene ring substituents is 1. The van der Waals surface area contributed by atoms with Crippen LogP contribution in [0.25, 0.3) is 0 Å². The van der Waals surface area contributed by atoms with Gasteiger partial charge in [-0.15, -0.1) is 0 Å². The van der Waals surface area contributed by atoms with Crippen molar-refractivity contribution in [1.29, 1.82) is 0 Å². The number of hydrogen-bond donors (Lipinski definition) is 0. The van der Waals surface area contributed by atoms with Gasteiger partial charge in [0.1, 0.15) is 5.69 Å². The number of halogens is 1. The molecule has 0 radical (unpaired) electrons. The highest BCUT2D eigenvalue weighted by molar-refractivity contribution is 14.1. The van der Waals surface area contributed by atoms with Crippen molar-refractivity contribution in [3.63, 3.8) is 0 Å². The summed E-state index contributed by atoms with van der Waals surface area (Å²) in [5.41, 5.74) is 1.03. The number of esters is 1. The fourth-order valence-corrected chi connectivity index (χ4v) is 3.47. The minimum Gasteiger partial charge on any atom is -0.465 e. The molecule has 0 spiro atoms. The molecule has 1 heterocycles. The van der Waals surface area contributed by atoms with Crippen LogP contribution in [0.3, 0.4) is 0 Å². The second-order valence-electron chi connectivity index (χ2n) is 6.24. The number of nitro groups is 1. The van der Waals surface area contributed by atoms with Gasteiger partial charge < -0.3 is 14.5 Å². The Morgan fingerprint density at radius 3 is 2.21 bits per heavy atom. The van der Waals surface area contributed by atoms with E-state index in [4.69, 9.17) is 0 Å². The van der Waals surface area contributed by atoms with Crippen molar-refractivity contribution in [1.82, 2.24) is 4.90 Å². The number of anilines is 1. The van der Waals surface area contributed by atoms with Crippen LogP contribution < -0.4 is 4.90 Å². The van der Waals surface area contributed by atoms with Gasteiger partial charge in [0.2, 0.25) is 0 Å². The molecule has 0 N–H and O–H groups in total. The van der Waals surface area contributed by atoms with Crippen LogP contribution in [0.2, 0.25) is 0 Å². The molecule has 9 heteroatoms. The summed E-state index contributed by atoms with van der Waals surface area (Å²) in [5, 5.41) is 11.5. The maximum atomic E-state index is 12.6. The molecule has 1 fully saturated rings. The summed E-state index contributed by atoms with van der Waals surface area (Å²) in [4.78, 5) is 38.8. The molecule has 3 rings (SSSR count). The molecule has 8 nitrogen and oxygen atoms in total. The molecule has 2 aromatic rings. The number of ether oxygens (including phenoxy) is 1. The van der Waals surface area contributed by atoms with Crippen molar-refractivity contribution in [3.05, 3.63) is 67.3 Å². The van der Waals surface area contributed by atoms with Crippen LogP contribution in [0, 0.1) is 13.7 Å². The minimum absolute atomic E-state index is 0.0495. The SMILES string of the molecule is COC(=O)c1ccc(N2CCN(C(=O)c3ccc(I)cc3)CC2)c([N+](=O)[O-])c1. The predicted molar refractivity (Wildman–Crippen MR) is 112 cm³/mol. The van der Waals surface area contributed by atoms with Gasteiger partial charge in [-0.05, 0) is 59.0 Å². The lowest BCUT2D eigenvalue weighted by molar-refractivity contribution is -0.384. The fourth-order valence-electron chi connectivity index (χ4n) is 3.11. The van der Waals surface area contributed by atoms with Crippen molar-refractivity contribution in [2.45, 2.75) is 0 Å². The summed E-state index contributed by atoms with van der Waals surface area (Å²) in [6, 6.07) is 11.7. The zero-order chi connectivity index (χ0) is 20.3. The van der Waals surface area contributed by atoms with Gasteiger partial charge in [-0.3, -0.25) is 14.9 Å². The van der Waals surface area contributed by atoms with Gasteiger partial charge in [0.15, 0.2) is 0 Å². The van der Waals surface area contributed by atoms with Gasteiger partial charge in [-0.1, -0.05) is 0 Å². The number of nitrogens with zero attached hydrogens (tertiary/aromatic N) is 3. The monoisotopic (exact) mass is 495 g/mol. The molecular formula is C19H18IN3O5. The van der Waals surface area contributed by atoms with E-state index in [-0.39, 0.29) is 17.2 Å². The van der Waals surface area contributed by atoms with Gasteiger partial charge in [0.05, 0.1) is 17.6 Å². The first-order chi connectivity index (χ1) is 13.4. The van der Waals surface area contributed by atoms with E-state index in [0.717, 1.165) is 3.57 Å². The molecule has 0 saturated carbocycles. The van der Waals surface area contributed by atoms with E-state index < -0.39 is 10.9 Å². The molecule has 1 amide bonds. The van der Waals surface area contributed by atoms with Gasteiger partial charge >= 0.3 is 5.97 Å². The smallest absolute Gasteiger partial charge is 0.338 e.